The van der Waals surface area contributed by atoms with Crippen LogP contribution >= 0.6 is 0 Å². The Labute approximate surface area is 171 Å². The van der Waals surface area contributed by atoms with E-state index in [1.54, 1.807) is 21.3 Å². The number of ether oxygens (including phenoxy) is 3. The van der Waals surface area contributed by atoms with Crippen molar-refractivity contribution in [3.63, 3.8) is 0 Å². The fourth-order valence-electron chi connectivity index (χ4n) is 4.55. The summed E-state index contributed by atoms with van der Waals surface area (Å²) in [5.74, 6) is 1.74. The highest BCUT2D eigenvalue weighted by molar-refractivity contribution is 5.91. The molecule has 0 aromatic heterocycles. The van der Waals surface area contributed by atoms with Gasteiger partial charge in [-0.15, -0.1) is 0 Å². The molecule has 0 aliphatic carbocycles. The van der Waals surface area contributed by atoms with Gasteiger partial charge in [0.15, 0.2) is 11.5 Å². The summed E-state index contributed by atoms with van der Waals surface area (Å²) in [6.45, 7) is 4.66. The van der Waals surface area contributed by atoms with Crippen LogP contribution in [0.4, 0.5) is 5.69 Å². The fourth-order valence-corrected chi connectivity index (χ4v) is 4.55. The highest BCUT2D eigenvalue weighted by atomic mass is 16.5. The number of benzene rings is 2. The van der Waals surface area contributed by atoms with Crippen LogP contribution in [0.25, 0.3) is 6.08 Å². The Morgan fingerprint density at radius 3 is 2.31 bits per heavy atom. The van der Waals surface area contributed by atoms with Crippen molar-refractivity contribution >= 4 is 17.7 Å². The van der Waals surface area contributed by atoms with Crippen LogP contribution in [0.15, 0.2) is 42.5 Å². The Morgan fingerprint density at radius 2 is 1.69 bits per heavy atom. The van der Waals surface area contributed by atoms with Gasteiger partial charge < -0.3 is 24.4 Å². The smallest absolute Gasteiger partial charge is 0.241 e. The standard InChI is InChI=1S/C23H26N2O4/c1-22(2)16-8-6-7-9-17(16)25-14-20(26)24-23(22,25)11-10-15-12-18(27-3)21(29-5)19(13-15)28-4/h6-13H,14H2,1-5H3,(H,24,26). The normalized spacial score (nSPS) is 21.7. The number of fused-ring (bicyclic) bond motifs is 3. The van der Waals surface area contributed by atoms with Crippen molar-refractivity contribution in [1.82, 2.24) is 5.32 Å². The molecular weight excluding hydrogens is 368 g/mol. The molecule has 1 amide bonds. The van der Waals surface area contributed by atoms with E-state index in [4.69, 9.17) is 14.2 Å². The van der Waals surface area contributed by atoms with Crippen molar-refractivity contribution in [1.29, 1.82) is 0 Å². The van der Waals surface area contributed by atoms with Crippen molar-refractivity contribution in [2.45, 2.75) is 24.9 Å². The summed E-state index contributed by atoms with van der Waals surface area (Å²) in [6, 6.07) is 12.1. The van der Waals surface area contributed by atoms with E-state index in [-0.39, 0.29) is 11.3 Å². The highest BCUT2D eigenvalue weighted by Gasteiger charge is 2.59. The number of nitrogens with one attached hydrogen (secondary N) is 1. The molecule has 0 spiro atoms. The van der Waals surface area contributed by atoms with Crippen LogP contribution in [0.5, 0.6) is 17.2 Å². The summed E-state index contributed by atoms with van der Waals surface area (Å²) in [5, 5.41) is 3.23. The average molecular weight is 394 g/mol. The third-order valence-corrected chi connectivity index (χ3v) is 6.08. The number of methoxy groups -OCH3 is 3. The van der Waals surface area contributed by atoms with Gasteiger partial charge in [0.2, 0.25) is 11.7 Å². The van der Waals surface area contributed by atoms with Crippen LogP contribution in [0, 0.1) is 0 Å². The van der Waals surface area contributed by atoms with E-state index >= 15 is 0 Å². The number of amides is 1. The van der Waals surface area contributed by atoms with Crippen LogP contribution < -0.4 is 24.4 Å². The number of hydrogen-bond donors (Lipinski definition) is 1. The van der Waals surface area contributed by atoms with Crippen molar-refractivity contribution in [3.8, 4) is 17.2 Å². The molecule has 2 heterocycles. The van der Waals surface area contributed by atoms with Crippen LogP contribution in [0.3, 0.4) is 0 Å². The van der Waals surface area contributed by atoms with Crippen LogP contribution in [0.2, 0.25) is 0 Å². The van der Waals surface area contributed by atoms with Crippen LogP contribution in [-0.2, 0) is 10.2 Å². The number of para-hydroxylation sites is 1. The lowest BCUT2D eigenvalue weighted by Crippen LogP contribution is -2.58. The lowest BCUT2D eigenvalue weighted by molar-refractivity contribution is -0.118. The molecule has 6 heteroatoms. The van der Waals surface area contributed by atoms with E-state index in [1.807, 2.05) is 30.3 Å². The minimum absolute atomic E-state index is 0.0159. The lowest BCUT2D eigenvalue weighted by atomic mass is 9.75. The summed E-state index contributed by atoms with van der Waals surface area (Å²) < 4.78 is 16.3. The SMILES string of the molecule is COc1cc(C=CC23NC(=O)CN2c2ccccc2C3(C)C)cc(OC)c1OC. The monoisotopic (exact) mass is 394 g/mol. The number of rotatable bonds is 5. The van der Waals surface area contributed by atoms with E-state index in [0.717, 1.165) is 11.3 Å². The zero-order valence-corrected chi connectivity index (χ0v) is 17.4. The number of carbonyl (C=O) groups is 1. The fraction of sp³-hybridized carbons (Fsp3) is 0.348. The van der Waals surface area contributed by atoms with Gasteiger partial charge in [-0.05, 0) is 35.4 Å². The Hall–Kier alpha value is -3.15. The molecule has 6 nitrogen and oxygen atoms in total. The second-order valence-corrected chi connectivity index (χ2v) is 7.83. The third-order valence-electron chi connectivity index (χ3n) is 6.08. The average Bonchev–Trinajstić information content (AvgIpc) is 3.16. The van der Waals surface area contributed by atoms with E-state index in [2.05, 4.69) is 42.3 Å². The maximum absolute atomic E-state index is 12.4. The van der Waals surface area contributed by atoms with Gasteiger partial charge in [0.05, 0.1) is 27.9 Å². The molecule has 2 aromatic carbocycles. The molecule has 1 saturated heterocycles. The minimum Gasteiger partial charge on any atom is -0.493 e. The molecule has 1 N–H and O–H groups in total. The quantitative estimate of drug-likeness (QED) is 0.843. The molecular formula is C23H26N2O4. The van der Waals surface area contributed by atoms with Gasteiger partial charge >= 0.3 is 0 Å². The first-order valence-electron chi connectivity index (χ1n) is 9.55. The molecule has 0 bridgehead atoms. The van der Waals surface area contributed by atoms with Gasteiger partial charge in [-0.1, -0.05) is 38.1 Å². The van der Waals surface area contributed by atoms with Crippen molar-refractivity contribution < 1.29 is 19.0 Å². The zero-order chi connectivity index (χ0) is 20.8. The summed E-state index contributed by atoms with van der Waals surface area (Å²) in [4.78, 5) is 14.6. The van der Waals surface area contributed by atoms with E-state index in [9.17, 15) is 4.79 Å². The summed E-state index contributed by atoms with van der Waals surface area (Å²) in [7, 11) is 4.78. The van der Waals surface area contributed by atoms with Gasteiger partial charge in [-0.25, -0.2) is 0 Å². The van der Waals surface area contributed by atoms with E-state index in [0.29, 0.717) is 23.8 Å². The lowest BCUT2D eigenvalue weighted by Gasteiger charge is -2.40. The van der Waals surface area contributed by atoms with Gasteiger partial charge in [-0.3, -0.25) is 4.79 Å². The van der Waals surface area contributed by atoms with E-state index in [1.165, 1.54) is 5.56 Å². The molecule has 1 unspecified atom stereocenters. The van der Waals surface area contributed by atoms with Crippen LogP contribution in [-0.4, -0.2) is 39.4 Å². The Balaban J connectivity index is 1.81. The summed E-state index contributed by atoms with van der Waals surface area (Å²) in [6.07, 6.45) is 4.06. The Morgan fingerprint density at radius 1 is 1.03 bits per heavy atom. The van der Waals surface area contributed by atoms with Crippen molar-refractivity contribution in [2.24, 2.45) is 0 Å². The maximum atomic E-state index is 12.4. The largest absolute Gasteiger partial charge is 0.493 e. The second kappa shape index (κ2) is 6.72. The number of anilines is 1. The van der Waals surface area contributed by atoms with Crippen molar-refractivity contribution in [2.75, 3.05) is 32.8 Å². The molecule has 0 radical (unpaired) electrons. The van der Waals surface area contributed by atoms with Gasteiger partial charge in [0.1, 0.15) is 5.66 Å². The molecule has 2 aliphatic heterocycles. The van der Waals surface area contributed by atoms with Crippen LogP contribution in [0.1, 0.15) is 25.0 Å². The highest BCUT2D eigenvalue weighted by Crippen LogP contribution is 2.53. The topological polar surface area (TPSA) is 60.0 Å². The predicted molar refractivity (Wildman–Crippen MR) is 113 cm³/mol. The summed E-state index contributed by atoms with van der Waals surface area (Å²) >= 11 is 0. The molecule has 4 rings (SSSR count). The van der Waals surface area contributed by atoms with Gasteiger partial charge in [0.25, 0.3) is 0 Å². The minimum atomic E-state index is -0.645. The molecule has 2 aliphatic rings. The first-order valence-corrected chi connectivity index (χ1v) is 9.55. The number of carbonyl (C=O) groups excluding carboxylic acids is 1. The van der Waals surface area contributed by atoms with Crippen molar-refractivity contribution in [3.05, 3.63) is 53.6 Å². The van der Waals surface area contributed by atoms with E-state index < -0.39 is 5.66 Å². The van der Waals surface area contributed by atoms with Gasteiger partial charge in [-0.2, -0.15) is 0 Å². The second-order valence-electron chi connectivity index (χ2n) is 7.83. The third kappa shape index (κ3) is 2.66. The molecule has 1 fully saturated rings. The maximum Gasteiger partial charge on any atom is 0.241 e. The zero-order valence-electron chi connectivity index (χ0n) is 17.4. The number of hydrogen-bond acceptors (Lipinski definition) is 5. The number of nitrogens with zero attached hydrogens (tertiary/aromatic N) is 1. The molecule has 2 aromatic rings. The molecule has 29 heavy (non-hydrogen) atoms. The first kappa shape index (κ1) is 19.2. The predicted octanol–water partition coefficient (Wildman–Crippen LogP) is 3.35. The first-order chi connectivity index (χ1) is 13.9. The molecule has 152 valence electrons. The van der Waals surface area contributed by atoms with Gasteiger partial charge in [0, 0.05) is 11.1 Å². The Kier molecular flexibility index (Phi) is 4.45. The molecule has 1 atom stereocenters. The summed E-state index contributed by atoms with van der Waals surface area (Å²) in [5.41, 5.74) is 2.24. The molecule has 0 saturated carbocycles. The Bertz CT molecular complexity index is 973.